The van der Waals surface area contributed by atoms with Crippen LogP contribution in [-0.2, 0) is 20.4 Å². The summed E-state index contributed by atoms with van der Waals surface area (Å²) in [5.74, 6) is 0.0467. The van der Waals surface area contributed by atoms with Crippen molar-refractivity contribution in [1.29, 1.82) is 0 Å². The summed E-state index contributed by atoms with van der Waals surface area (Å²) < 4.78 is 67.2. The quantitative estimate of drug-likeness (QED) is 0.161. The summed E-state index contributed by atoms with van der Waals surface area (Å²) in [6.45, 7) is 3.22. The van der Waals surface area contributed by atoms with E-state index in [1.165, 1.54) is 22.1 Å². The van der Waals surface area contributed by atoms with E-state index in [9.17, 15) is 21.6 Å². The third-order valence-electron chi connectivity index (χ3n) is 5.24. The van der Waals surface area contributed by atoms with Gasteiger partial charge in [0.1, 0.15) is 0 Å². The number of aryl methyl sites for hydroxylation is 1. The number of halogens is 5. The molecule has 4 rings (SSSR count). The molecule has 0 radical (unpaired) electrons. The molecule has 0 aliphatic carbocycles. The highest BCUT2D eigenvalue weighted by Gasteiger charge is 2.35. The number of nitrogens with zero attached hydrogens (tertiary/aromatic N) is 3. The Labute approximate surface area is 223 Å². The molecule has 35 heavy (non-hydrogen) atoms. The SMILES string of the molecule is CCS(=O)(=O)c1ncc(-c2ccc(-c3nc(C(F)(F)F)cn3-c3cc(CI)ccc3Cl)s2)cc1C. The van der Waals surface area contributed by atoms with Crippen LogP contribution in [0.1, 0.15) is 23.7 Å². The van der Waals surface area contributed by atoms with Crippen molar-refractivity contribution in [3.63, 3.8) is 0 Å². The standard InChI is InChI=1S/C23H18ClF3IN3O2S2/c1-3-35(32,33)22-13(2)8-15(11-29-22)18-6-7-19(34-18)21-30-20(23(25,26)27)12-31(21)17-9-14(10-28)4-5-16(17)24/h4-9,11-12H,3,10H2,1-2H3. The van der Waals surface area contributed by atoms with Crippen molar-refractivity contribution in [3.8, 4) is 26.8 Å². The van der Waals surface area contributed by atoms with Crippen LogP contribution in [0.25, 0.3) is 26.8 Å². The van der Waals surface area contributed by atoms with Gasteiger partial charge in [0, 0.05) is 27.3 Å². The van der Waals surface area contributed by atoms with E-state index in [2.05, 4.69) is 32.6 Å². The number of alkyl halides is 4. The van der Waals surface area contributed by atoms with Crippen molar-refractivity contribution in [3.05, 3.63) is 70.6 Å². The number of imidazole rings is 1. The third kappa shape index (κ3) is 5.27. The van der Waals surface area contributed by atoms with Gasteiger partial charge in [0.25, 0.3) is 0 Å². The van der Waals surface area contributed by atoms with E-state index in [0.29, 0.717) is 36.0 Å². The normalized spacial score (nSPS) is 12.3. The first-order valence-electron chi connectivity index (χ1n) is 10.3. The molecule has 0 spiro atoms. The first-order valence-corrected chi connectivity index (χ1v) is 14.6. The van der Waals surface area contributed by atoms with Gasteiger partial charge in [-0.15, -0.1) is 11.3 Å². The summed E-state index contributed by atoms with van der Waals surface area (Å²) in [5.41, 5.74) is 1.45. The molecule has 5 nitrogen and oxygen atoms in total. The average Bonchev–Trinajstić information content (AvgIpc) is 3.46. The van der Waals surface area contributed by atoms with Crippen molar-refractivity contribution in [2.75, 3.05) is 5.75 Å². The minimum Gasteiger partial charge on any atom is -0.297 e. The second-order valence-electron chi connectivity index (χ2n) is 7.65. The summed E-state index contributed by atoms with van der Waals surface area (Å²) >= 11 is 9.77. The Morgan fingerprint density at radius 3 is 2.49 bits per heavy atom. The molecule has 0 amide bonds. The summed E-state index contributed by atoms with van der Waals surface area (Å²) in [4.78, 5) is 9.25. The van der Waals surface area contributed by atoms with E-state index in [-0.39, 0.29) is 16.6 Å². The van der Waals surface area contributed by atoms with Gasteiger partial charge in [-0.05, 0) is 48.4 Å². The van der Waals surface area contributed by atoms with Crippen molar-refractivity contribution in [2.45, 2.75) is 29.5 Å². The summed E-state index contributed by atoms with van der Waals surface area (Å²) in [6.07, 6.45) is -2.22. The first kappa shape index (κ1) is 26.1. The predicted molar refractivity (Wildman–Crippen MR) is 140 cm³/mol. The van der Waals surface area contributed by atoms with Crippen molar-refractivity contribution < 1.29 is 21.6 Å². The maximum atomic E-state index is 13.6. The topological polar surface area (TPSA) is 64.8 Å². The van der Waals surface area contributed by atoms with Crippen molar-refractivity contribution >= 4 is 55.4 Å². The van der Waals surface area contributed by atoms with E-state index in [1.807, 2.05) is 6.07 Å². The van der Waals surface area contributed by atoms with Gasteiger partial charge in [-0.3, -0.25) is 4.57 Å². The molecule has 0 bridgehead atoms. The third-order valence-corrected chi connectivity index (χ3v) is 9.34. The number of hydrogen-bond donors (Lipinski definition) is 0. The van der Waals surface area contributed by atoms with E-state index >= 15 is 0 Å². The smallest absolute Gasteiger partial charge is 0.297 e. The van der Waals surface area contributed by atoms with E-state index < -0.39 is 21.7 Å². The number of sulfone groups is 1. The first-order chi connectivity index (χ1) is 16.4. The number of rotatable bonds is 6. The molecule has 3 aromatic heterocycles. The molecule has 12 heteroatoms. The van der Waals surface area contributed by atoms with Crippen LogP contribution in [0.4, 0.5) is 13.2 Å². The molecule has 0 N–H and O–H groups in total. The van der Waals surface area contributed by atoms with Crippen LogP contribution in [0.3, 0.4) is 0 Å². The average molecular weight is 652 g/mol. The zero-order valence-corrected chi connectivity index (χ0v) is 22.9. The van der Waals surface area contributed by atoms with Gasteiger partial charge >= 0.3 is 6.18 Å². The van der Waals surface area contributed by atoms with Gasteiger partial charge in [-0.1, -0.05) is 47.2 Å². The lowest BCUT2D eigenvalue weighted by Crippen LogP contribution is -2.08. The zero-order chi connectivity index (χ0) is 25.5. The Hall–Kier alpha value is -1.96. The lowest BCUT2D eigenvalue weighted by Gasteiger charge is -2.10. The summed E-state index contributed by atoms with van der Waals surface area (Å²) in [6, 6.07) is 10.4. The van der Waals surface area contributed by atoms with E-state index in [1.54, 1.807) is 44.2 Å². The maximum Gasteiger partial charge on any atom is 0.434 e. The van der Waals surface area contributed by atoms with Crippen LogP contribution >= 0.6 is 45.5 Å². The largest absolute Gasteiger partial charge is 0.434 e. The van der Waals surface area contributed by atoms with Gasteiger partial charge < -0.3 is 0 Å². The Bertz CT molecular complexity index is 1510. The predicted octanol–water partition coefficient (Wildman–Crippen LogP) is 7.37. The molecular weight excluding hydrogens is 634 g/mol. The second-order valence-corrected chi connectivity index (χ2v) is 12.1. The molecule has 0 unspecified atom stereocenters. The molecule has 0 fully saturated rings. The van der Waals surface area contributed by atoms with Gasteiger partial charge in [-0.2, -0.15) is 13.2 Å². The molecule has 0 saturated heterocycles. The van der Waals surface area contributed by atoms with E-state index in [0.717, 1.165) is 11.8 Å². The number of aromatic nitrogens is 3. The van der Waals surface area contributed by atoms with Gasteiger partial charge in [0.05, 0.1) is 21.3 Å². The molecule has 0 atom stereocenters. The Kier molecular flexibility index (Phi) is 7.33. The molecule has 184 valence electrons. The Morgan fingerprint density at radius 1 is 1.14 bits per heavy atom. The van der Waals surface area contributed by atoms with Crippen molar-refractivity contribution in [2.24, 2.45) is 0 Å². The Morgan fingerprint density at radius 2 is 1.86 bits per heavy atom. The fourth-order valence-corrected chi connectivity index (χ4v) is 6.17. The Balaban J connectivity index is 1.82. The highest BCUT2D eigenvalue weighted by Crippen LogP contribution is 2.39. The number of benzene rings is 1. The van der Waals surface area contributed by atoms with Gasteiger partial charge in [-0.25, -0.2) is 18.4 Å². The lowest BCUT2D eigenvalue weighted by atomic mass is 10.2. The van der Waals surface area contributed by atoms with Crippen LogP contribution in [0.5, 0.6) is 0 Å². The van der Waals surface area contributed by atoms with Crippen LogP contribution in [-0.4, -0.2) is 28.7 Å². The monoisotopic (exact) mass is 651 g/mol. The zero-order valence-electron chi connectivity index (χ0n) is 18.4. The van der Waals surface area contributed by atoms with Gasteiger partial charge in [0.15, 0.2) is 26.4 Å². The van der Waals surface area contributed by atoms with Crippen LogP contribution in [0.2, 0.25) is 5.02 Å². The van der Waals surface area contributed by atoms with Crippen LogP contribution < -0.4 is 0 Å². The highest BCUT2D eigenvalue weighted by atomic mass is 127. The molecule has 0 aliphatic heterocycles. The number of pyridine rings is 1. The van der Waals surface area contributed by atoms with Crippen molar-refractivity contribution in [1.82, 2.24) is 14.5 Å². The summed E-state index contributed by atoms with van der Waals surface area (Å²) in [5, 5.41) is 0.325. The fraction of sp³-hybridized carbons (Fsp3) is 0.217. The fourth-order valence-electron chi connectivity index (χ4n) is 3.47. The molecule has 0 aliphatic rings. The molecular formula is C23H18ClF3IN3O2S2. The lowest BCUT2D eigenvalue weighted by molar-refractivity contribution is -0.140. The molecule has 4 aromatic rings. The highest BCUT2D eigenvalue weighted by molar-refractivity contribution is 14.1. The summed E-state index contributed by atoms with van der Waals surface area (Å²) in [7, 11) is -3.46. The van der Waals surface area contributed by atoms with Crippen LogP contribution in [0, 0.1) is 6.92 Å². The molecule has 1 aromatic carbocycles. The molecule has 3 heterocycles. The molecule has 0 saturated carbocycles. The number of thiophene rings is 1. The minimum absolute atomic E-state index is 0.0238. The second kappa shape index (κ2) is 9.83. The number of hydrogen-bond acceptors (Lipinski definition) is 5. The maximum absolute atomic E-state index is 13.6. The minimum atomic E-state index is -4.63. The van der Waals surface area contributed by atoms with Gasteiger partial charge in [0.2, 0.25) is 0 Å². The van der Waals surface area contributed by atoms with Crippen LogP contribution in [0.15, 0.2) is 53.8 Å². The van der Waals surface area contributed by atoms with E-state index in [4.69, 9.17) is 11.6 Å².